The Kier molecular flexibility index (Phi) is 3.72. The van der Waals surface area contributed by atoms with Crippen molar-refractivity contribution in [3.63, 3.8) is 0 Å². The fourth-order valence-corrected chi connectivity index (χ4v) is 2.01. The standard InChI is InChI=1S/C10H12FNO4S/c1-3-16-10(13)8-6(12)4-5-7(9(8)11)17(2,14)15/h4-5H,3,12H2,1-2H3. The molecule has 2 N–H and O–H groups in total. The molecule has 17 heavy (non-hydrogen) atoms. The molecule has 0 aliphatic rings. The summed E-state index contributed by atoms with van der Waals surface area (Å²) >= 11 is 0. The second-order valence-corrected chi connectivity index (χ2v) is 5.32. The zero-order chi connectivity index (χ0) is 13.2. The molecule has 0 bridgehead atoms. The van der Waals surface area contributed by atoms with E-state index in [0.717, 1.165) is 18.4 Å². The third-order valence-corrected chi connectivity index (χ3v) is 3.13. The van der Waals surface area contributed by atoms with Gasteiger partial charge in [-0.05, 0) is 19.1 Å². The lowest BCUT2D eigenvalue weighted by molar-refractivity contribution is 0.0521. The van der Waals surface area contributed by atoms with Crippen molar-refractivity contribution >= 4 is 21.5 Å². The molecule has 94 valence electrons. The van der Waals surface area contributed by atoms with Gasteiger partial charge in [-0.15, -0.1) is 0 Å². The topological polar surface area (TPSA) is 86.5 Å². The highest BCUT2D eigenvalue weighted by Crippen LogP contribution is 2.24. The van der Waals surface area contributed by atoms with Gasteiger partial charge in [-0.2, -0.15) is 0 Å². The fraction of sp³-hybridized carbons (Fsp3) is 0.300. The first-order chi connectivity index (χ1) is 7.79. The summed E-state index contributed by atoms with van der Waals surface area (Å²) in [5.41, 5.74) is 4.72. The molecule has 1 rings (SSSR count). The van der Waals surface area contributed by atoms with Gasteiger partial charge in [0.1, 0.15) is 10.5 Å². The first-order valence-corrected chi connectivity index (χ1v) is 6.63. The van der Waals surface area contributed by atoms with Crippen molar-refractivity contribution in [3.05, 3.63) is 23.5 Å². The lowest BCUT2D eigenvalue weighted by atomic mass is 10.1. The van der Waals surface area contributed by atoms with Crippen LogP contribution in [-0.4, -0.2) is 27.2 Å². The van der Waals surface area contributed by atoms with E-state index in [1.807, 2.05) is 0 Å². The second-order valence-electron chi connectivity index (χ2n) is 3.33. The number of anilines is 1. The number of nitrogen functional groups attached to an aromatic ring is 1. The number of rotatable bonds is 3. The number of nitrogens with two attached hydrogens (primary N) is 1. The van der Waals surface area contributed by atoms with Gasteiger partial charge in [0, 0.05) is 11.9 Å². The van der Waals surface area contributed by atoms with Crippen molar-refractivity contribution < 1.29 is 22.3 Å². The van der Waals surface area contributed by atoms with E-state index in [9.17, 15) is 17.6 Å². The number of halogens is 1. The number of carbonyl (C=O) groups excluding carboxylic acids is 1. The molecular formula is C10H12FNO4S. The zero-order valence-corrected chi connectivity index (χ0v) is 10.2. The largest absolute Gasteiger partial charge is 0.462 e. The van der Waals surface area contributed by atoms with Crippen molar-refractivity contribution in [2.24, 2.45) is 0 Å². The van der Waals surface area contributed by atoms with Crippen molar-refractivity contribution in [1.82, 2.24) is 0 Å². The number of ether oxygens (including phenoxy) is 1. The van der Waals surface area contributed by atoms with E-state index in [0.29, 0.717) is 0 Å². The summed E-state index contributed by atoms with van der Waals surface area (Å²) < 4.78 is 41.0. The van der Waals surface area contributed by atoms with Crippen LogP contribution in [0.25, 0.3) is 0 Å². The third kappa shape index (κ3) is 2.73. The second kappa shape index (κ2) is 4.70. The van der Waals surface area contributed by atoms with Gasteiger partial charge in [0.25, 0.3) is 0 Å². The quantitative estimate of drug-likeness (QED) is 0.647. The fourth-order valence-electron chi connectivity index (χ4n) is 1.27. The Morgan fingerprint density at radius 3 is 2.53 bits per heavy atom. The summed E-state index contributed by atoms with van der Waals surface area (Å²) in [5.74, 6) is -2.15. The van der Waals surface area contributed by atoms with Crippen molar-refractivity contribution in [1.29, 1.82) is 0 Å². The van der Waals surface area contributed by atoms with Crippen LogP contribution in [0.4, 0.5) is 10.1 Å². The molecule has 0 fully saturated rings. The molecule has 0 saturated carbocycles. The Morgan fingerprint density at radius 2 is 2.06 bits per heavy atom. The number of sulfone groups is 1. The van der Waals surface area contributed by atoms with Crippen LogP contribution in [-0.2, 0) is 14.6 Å². The summed E-state index contributed by atoms with van der Waals surface area (Å²) in [6.45, 7) is 1.59. The summed E-state index contributed by atoms with van der Waals surface area (Å²) in [6.07, 6.45) is 0.844. The molecule has 0 amide bonds. The van der Waals surface area contributed by atoms with Gasteiger partial charge in [-0.1, -0.05) is 0 Å². The maximum absolute atomic E-state index is 13.8. The van der Waals surface area contributed by atoms with Crippen LogP contribution in [0.1, 0.15) is 17.3 Å². The summed E-state index contributed by atoms with van der Waals surface area (Å²) in [6, 6.07) is 2.18. The molecule has 0 heterocycles. The number of benzene rings is 1. The van der Waals surface area contributed by atoms with E-state index < -0.39 is 32.1 Å². The van der Waals surface area contributed by atoms with Gasteiger partial charge in [-0.3, -0.25) is 0 Å². The number of carbonyl (C=O) groups is 1. The van der Waals surface area contributed by atoms with Gasteiger partial charge in [-0.25, -0.2) is 17.6 Å². The summed E-state index contributed by atoms with van der Waals surface area (Å²) in [4.78, 5) is 10.9. The molecule has 0 spiro atoms. The summed E-state index contributed by atoms with van der Waals surface area (Å²) in [7, 11) is -3.76. The van der Waals surface area contributed by atoms with E-state index >= 15 is 0 Å². The van der Waals surface area contributed by atoms with Crippen LogP contribution in [0.15, 0.2) is 17.0 Å². The Morgan fingerprint density at radius 1 is 1.47 bits per heavy atom. The predicted octanol–water partition coefficient (Wildman–Crippen LogP) is 0.988. The van der Waals surface area contributed by atoms with Gasteiger partial charge in [0.2, 0.25) is 0 Å². The first-order valence-electron chi connectivity index (χ1n) is 4.74. The third-order valence-electron chi connectivity index (χ3n) is 2.02. The van der Waals surface area contributed by atoms with E-state index in [-0.39, 0.29) is 12.3 Å². The van der Waals surface area contributed by atoms with Crippen molar-refractivity contribution in [3.8, 4) is 0 Å². The van der Waals surface area contributed by atoms with E-state index in [1.165, 1.54) is 0 Å². The molecule has 7 heteroatoms. The molecule has 1 aromatic carbocycles. The predicted molar refractivity (Wildman–Crippen MR) is 59.9 cm³/mol. The highest BCUT2D eigenvalue weighted by atomic mass is 32.2. The summed E-state index contributed by atoms with van der Waals surface area (Å²) in [5, 5.41) is 0. The average Bonchev–Trinajstić information content (AvgIpc) is 2.15. The van der Waals surface area contributed by atoms with Gasteiger partial charge in [0.15, 0.2) is 15.7 Å². The minimum absolute atomic E-state index is 0.0425. The minimum atomic E-state index is -3.76. The molecule has 0 unspecified atom stereocenters. The molecule has 1 aromatic rings. The molecule has 0 aliphatic heterocycles. The maximum Gasteiger partial charge on any atom is 0.343 e. The minimum Gasteiger partial charge on any atom is -0.462 e. The van der Waals surface area contributed by atoms with Crippen LogP contribution in [0.5, 0.6) is 0 Å². The van der Waals surface area contributed by atoms with Crippen LogP contribution in [0.3, 0.4) is 0 Å². The Hall–Kier alpha value is -1.63. The van der Waals surface area contributed by atoms with E-state index in [4.69, 9.17) is 5.73 Å². The molecule has 0 atom stereocenters. The molecule has 0 aliphatic carbocycles. The number of hydrogen-bond acceptors (Lipinski definition) is 5. The molecule has 0 saturated heterocycles. The van der Waals surface area contributed by atoms with Crippen molar-refractivity contribution in [2.45, 2.75) is 11.8 Å². The first kappa shape index (κ1) is 13.4. The van der Waals surface area contributed by atoms with Crippen molar-refractivity contribution in [2.75, 3.05) is 18.6 Å². The lowest BCUT2D eigenvalue weighted by Gasteiger charge is -2.09. The van der Waals surface area contributed by atoms with Crippen LogP contribution >= 0.6 is 0 Å². The maximum atomic E-state index is 13.8. The number of esters is 1. The lowest BCUT2D eigenvalue weighted by Crippen LogP contribution is -2.13. The highest BCUT2D eigenvalue weighted by molar-refractivity contribution is 7.90. The Bertz CT molecular complexity index is 554. The highest BCUT2D eigenvalue weighted by Gasteiger charge is 2.24. The van der Waals surface area contributed by atoms with Crippen LogP contribution in [0.2, 0.25) is 0 Å². The van der Waals surface area contributed by atoms with E-state index in [1.54, 1.807) is 6.92 Å². The van der Waals surface area contributed by atoms with Gasteiger partial charge < -0.3 is 10.5 Å². The SMILES string of the molecule is CCOC(=O)c1c(N)ccc(S(C)(=O)=O)c1F. The van der Waals surface area contributed by atoms with Crippen LogP contribution < -0.4 is 5.73 Å². The smallest absolute Gasteiger partial charge is 0.343 e. The zero-order valence-electron chi connectivity index (χ0n) is 9.36. The monoisotopic (exact) mass is 261 g/mol. The molecule has 0 radical (unpaired) electrons. The Balaban J connectivity index is 3.46. The molecule has 0 aromatic heterocycles. The number of hydrogen-bond donors (Lipinski definition) is 1. The average molecular weight is 261 g/mol. The Labute approximate surface area is 98.3 Å². The normalized spacial score (nSPS) is 11.2. The van der Waals surface area contributed by atoms with Gasteiger partial charge in [0.05, 0.1) is 6.61 Å². The van der Waals surface area contributed by atoms with E-state index in [2.05, 4.69) is 4.74 Å². The van der Waals surface area contributed by atoms with Gasteiger partial charge >= 0.3 is 5.97 Å². The van der Waals surface area contributed by atoms with Crippen LogP contribution in [0, 0.1) is 5.82 Å². The molecule has 5 nitrogen and oxygen atoms in total. The molecular weight excluding hydrogens is 249 g/mol.